The zero-order valence-electron chi connectivity index (χ0n) is 15.6. The minimum atomic E-state index is -3.26. The quantitative estimate of drug-likeness (QED) is 0.735. The van der Waals surface area contributed by atoms with Crippen molar-refractivity contribution < 1.29 is 13.2 Å². The number of sulfonamides is 1. The zero-order chi connectivity index (χ0) is 19.9. The van der Waals surface area contributed by atoms with Gasteiger partial charge in [-0.1, -0.05) is 6.07 Å². The smallest absolute Gasteiger partial charge is 0.255 e. The van der Waals surface area contributed by atoms with Gasteiger partial charge in [0.2, 0.25) is 10.0 Å². The third-order valence-corrected chi connectivity index (χ3v) is 6.70. The van der Waals surface area contributed by atoms with Crippen molar-refractivity contribution in [1.29, 1.82) is 0 Å². The first-order valence-corrected chi connectivity index (χ1v) is 10.6. The lowest BCUT2D eigenvalue weighted by molar-refractivity contribution is 0.102. The van der Waals surface area contributed by atoms with Crippen LogP contribution in [0.1, 0.15) is 28.2 Å². The molecule has 0 bridgehead atoms. The van der Waals surface area contributed by atoms with Crippen LogP contribution in [-0.4, -0.2) is 36.6 Å². The monoisotopic (exact) mass is 396 g/mol. The van der Waals surface area contributed by atoms with Gasteiger partial charge >= 0.3 is 0 Å². The van der Waals surface area contributed by atoms with Gasteiger partial charge in [-0.15, -0.1) is 0 Å². The molecule has 7 nitrogen and oxygen atoms in total. The third-order valence-electron chi connectivity index (χ3n) is 4.83. The first kappa shape index (κ1) is 18.4. The largest absolute Gasteiger partial charge is 0.322 e. The maximum Gasteiger partial charge on any atom is 0.255 e. The van der Waals surface area contributed by atoms with Crippen molar-refractivity contribution in [2.45, 2.75) is 20.3 Å². The highest BCUT2D eigenvalue weighted by atomic mass is 32.2. The fraction of sp³-hybridized carbons (Fsp3) is 0.250. The van der Waals surface area contributed by atoms with E-state index in [4.69, 9.17) is 0 Å². The second-order valence-electron chi connectivity index (χ2n) is 6.84. The number of carbonyl (C=O) groups is 1. The van der Waals surface area contributed by atoms with E-state index in [1.165, 1.54) is 4.31 Å². The predicted octanol–water partition coefficient (Wildman–Crippen LogP) is 3.04. The van der Waals surface area contributed by atoms with Crippen molar-refractivity contribution in [3.63, 3.8) is 0 Å². The van der Waals surface area contributed by atoms with Crippen molar-refractivity contribution in [2.75, 3.05) is 21.9 Å². The standard InChI is InChI=1S/C20H20N4O3S/c1-13-14(2)22-19-11-15(7-8-18(19)21-13)20(25)23-16-5-3-6-17(12-16)24-9-4-10-28(24,26)27/h3,5-8,11-12H,4,9-10H2,1-2H3,(H,23,25). The Bertz CT molecular complexity index is 1190. The number of hydrogen-bond acceptors (Lipinski definition) is 5. The molecule has 28 heavy (non-hydrogen) atoms. The van der Waals surface area contributed by atoms with Crippen LogP contribution in [0.25, 0.3) is 11.0 Å². The number of amides is 1. The maximum atomic E-state index is 12.7. The highest BCUT2D eigenvalue weighted by Crippen LogP contribution is 2.26. The van der Waals surface area contributed by atoms with E-state index in [0.717, 1.165) is 16.9 Å². The summed E-state index contributed by atoms with van der Waals surface area (Å²) in [4.78, 5) is 21.6. The SMILES string of the molecule is Cc1nc2ccc(C(=O)Nc3cccc(N4CCCS4(=O)=O)c3)cc2nc1C. The van der Waals surface area contributed by atoms with Crippen molar-refractivity contribution in [3.8, 4) is 0 Å². The van der Waals surface area contributed by atoms with Crippen molar-refractivity contribution in [2.24, 2.45) is 0 Å². The summed E-state index contributed by atoms with van der Waals surface area (Å²) in [6, 6.07) is 12.1. The van der Waals surface area contributed by atoms with Gasteiger partial charge in [0.05, 0.1) is 33.9 Å². The van der Waals surface area contributed by atoms with Crippen LogP contribution in [-0.2, 0) is 10.0 Å². The molecule has 1 N–H and O–H groups in total. The molecule has 3 aromatic rings. The molecule has 2 aromatic carbocycles. The topological polar surface area (TPSA) is 92.3 Å². The van der Waals surface area contributed by atoms with E-state index in [-0.39, 0.29) is 11.7 Å². The fourth-order valence-corrected chi connectivity index (χ4v) is 4.80. The number of carbonyl (C=O) groups excluding carboxylic acids is 1. The summed E-state index contributed by atoms with van der Waals surface area (Å²) in [6.07, 6.45) is 0.607. The molecule has 0 spiro atoms. The molecular formula is C20H20N4O3S. The molecule has 1 aromatic heterocycles. The van der Waals surface area contributed by atoms with E-state index in [2.05, 4.69) is 15.3 Å². The fourth-order valence-electron chi connectivity index (χ4n) is 3.24. The lowest BCUT2D eigenvalue weighted by Crippen LogP contribution is -2.25. The lowest BCUT2D eigenvalue weighted by Gasteiger charge is -2.17. The Kier molecular flexibility index (Phi) is 4.50. The van der Waals surface area contributed by atoms with E-state index >= 15 is 0 Å². The minimum absolute atomic E-state index is 0.153. The highest BCUT2D eigenvalue weighted by Gasteiger charge is 2.28. The summed E-state index contributed by atoms with van der Waals surface area (Å²) in [5, 5.41) is 2.83. The molecular weight excluding hydrogens is 376 g/mol. The number of anilines is 2. The molecule has 0 atom stereocenters. The second-order valence-corrected chi connectivity index (χ2v) is 8.86. The van der Waals surface area contributed by atoms with E-state index in [0.29, 0.717) is 35.4 Å². The van der Waals surface area contributed by atoms with Crippen LogP contribution >= 0.6 is 0 Å². The Balaban J connectivity index is 1.59. The minimum Gasteiger partial charge on any atom is -0.322 e. The Morgan fingerprint density at radius 3 is 2.50 bits per heavy atom. The molecule has 0 saturated carbocycles. The molecule has 0 radical (unpaired) electrons. The number of nitrogens with zero attached hydrogens (tertiary/aromatic N) is 3. The summed E-state index contributed by atoms with van der Waals surface area (Å²) < 4.78 is 25.6. The average Bonchev–Trinajstić information content (AvgIpc) is 3.01. The number of aromatic nitrogens is 2. The number of aryl methyl sites for hydroxylation is 2. The van der Waals surface area contributed by atoms with E-state index in [9.17, 15) is 13.2 Å². The molecule has 8 heteroatoms. The van der Waals surface area contributed by atoms with Crippen LogP contribution in [0.4, 0.5) is 11.4 Å². The molecule has 1 fully saturated rings. The van der Waals surface area contributed by atoms with Gasteiger partial charge in [-0.05, 0) is 56.7 Å². The van der Waals surface area contributed by atoms with Crippen LogP contribution in [0.15, 0.2) is 42.5 Å². The predicted molar refractivity (Wildman–Crippen MR) is 109 cm³/mol. The normalized spacial score (nSPS) is 15.7. The van der Waals surface area contributed by atoms with Crippen LogP contribution < -0.4 is 9.62 Å². The summed E-state index contributed by atoms with van der Waals surface area (Å²) in [5.74, 6) is -0.135. The van der Waals surface area contributed by atoms with E-state index in [1.807, 2.05) is 13.8 Å². The van der Waals surface area contributed by atoms with Crippen LogP contribution in [0.5, 0.6) is 0 Å². The van der Waals surface area contributed by atoms with Crippen molar-refractivity contribution in [3.05, 3.63) is 59.4 Å². The molecule has 0 aliphatic carbocycles. The van der Waals surface area contributed by atoms with Gasteiger partial charge in [-0.2, -0.15) is 0 Å². The van der Waals surface area contributed by atoms with Crippen LogP contribution in [0.2, 0.25) is 0 Å². The first-order chi connectivity index (χ1) is 13.3. The van der Waals surface area contributed by atoms with Gasteiger partial charge in [0.15, 0.2) is 0 Å². The van der Waals surface area contributed by atoms with Crippen LogP contribution in [0.3, 0.4) is 0 Å². The molecule has 1 saturated heterocycles. The third kappa shape index (κ3) is 3.43. The average molecular weight is 396 g/mol. The van der Waals surface area contributed by atoms with Gasteiger partial charge in [0, 0.05) is 17.8 Å². The lowest BCUT2D eigenvalue weighted by atomic mass is 10.1. The summed E-state index contributed by atoms with van der Waals surface area (Å²) in [5.41, 5.74) is 4.64. The second kappa shape index (κ2) is 6.87. The Hall–Kier alpha value is -3.00. The maximum absolute atomic E-state index is 12.7. The highest BCUT2D eigenvalue weighted by molar-refractivity contribution is 7.93. The molecule has 2 heterocycles. The number of benzene rings is 2. The molecule has 144 valence electrons. The number of fused-ring (bicyclic) bond motifs is 1. The van der Waals surface area contributed by atoms with E-state index < -0.39 is 10.0 Å². The Labute approximate surface area is 163 Å². The summed E-state index contributed by atoms with van der Waals surface area (Å²) >= 11 is 0. The molecule has 4 rings (SSSR count). The van der Waals surface area contributed by atoms with Crippen molar-refractivity contribution >= 4 is 38.3 Å². The van der Waals surface area contributed by atoms with Gasteiger partial charge in [0.25, 0.3) is 5.91 Å². The Morgan fingerprint density at radius 1 is 1.04 bits per heavy atom. The number of hydrogen-bond donors (Lipinski definition) is 1. The first-order valence-electron chi connectivity index (χ1n) is 9.00. The zero-order valence-corrected chi connectivity index (χ0v) is 16.5. The molecule has 1 aliphatic rings. The summed E-state index contributed by atoms with van der Waals surface area (Å²) in [7, 11) is -3.26. The van der Waals surface area contributed by atoms with Gasteiger partial charge < -0.3 is 5.32 Å². The van der Waals surface area contributed by atoms with Gasteiger partial charge in [-0.25, -0.2) is 18.4 Å². The van der Waals surface area contributed by atoms with Crippen LogP contribution in [0, 0.1) is 13.8 Å². The van der Waals surface area contributed by atoms with Gasteiger partial charge in [-0.3, -0.25) is 9.10 Å². The number of rotatable bonds is 3. The molecule has 1 amide bonds. The molecule has 1 aliphatic heterocycles. The van der Waals surface area contributed by atoms with E-state index in [1.54, 1.807) is 42.5 Å². The van der Waals surface area contributed by atoms with Gasteiger partial charge in [0.1, 0.15) is 0 Å². The Morgan fingerprint density at radius 2 is 1.79 bits per heavy atom. The van der Waals surface area contributed by atoms with Crippen molar-refractivity contribution in [1.82, 2.24) is 9.97 Å². The molecule has 0 unspecified atom stereocenters. The summed E-state index contributed by atoms with van der Waals surface area (Å²) in [6.45, 7) is 4.24. The number of nitrogens with one attached hydrogen (secondary N) is 1.